The second-order valence-electron chi connectivity index (χ2n) is 7.22. The molecule has 6 heteroatoms. The highest BCUT2D eigenvalue weighted by molar-refractivity contribution is 7.80. The SMILES string of the molecule is Cc1c(NC(=S)N2CC(C)CC(C)C2)c(=O)n(-c2ccccc2)n1C. The van der Waals surface area contributed by atoms with Crippen molar-refractivity contribution >= 4 is 23.0 Å². The van der Waals surface area contributed by atoms with Crippen molar-refractivity contribution in [2.45, 2.75) is 27.2 Å². The summed E-state index contributed by atoms with van der Waals surface area (Å²) >= 11 is 5.61. The van der Waals surface area contributed by atoms with Crippen LogP contribution in [0.15, 0.2) is 35.1 Å². The zero-order valence-corrected chi connectivity index (χ0v) is 16.1. The lowest BCUT2D eigenvalue weighted by atomic mass is 9.92. The van der Waals surface area contributed by atoms with Gasteiger partial charge in [0.15, 0.2) is 5.11 Å². The maximum atomic E-state index is 13.0. The third kappa shape index (κ3) is 3.49. The summed E-state index contributed by atoms with van der Waals surface area (Å²) in [6.07, 6.45) is 1.23. The lowest BCUT2D eigenvalue weighted by molar-refractivity contribution is 0.216. The Morgan fingerprint density at radius 2 is 1.76 bits per heavy atom. The van der Waals surface area contributed by atoms with Gasteiger partial charge in [0.2, 0.25) is 0 Å². The lowest BCUT2D eigenvalue weighted by Crippen LogP contribution is -2.45. The van der Waals surface area contributed by atoms with E-state index in [0.29, 0.717) is 22.6 Å². The van der Waals surface area contributed by atoms with Gasteiger partial charge in [0.25, 0.3) is 5.56 Å². The number of nitrogens with one attached hydrogen (secondary N) is 1. The standard InChI is InChI=1S/C19H26N4OS/c1-13-10-14(2)12-22(11-13)19(25)20-17-15(3)21(4)23(18(17)24)16-8-6-5-7-9-16/h5-9,13-14H,10-12H2,1-4H3,(H,20,25). The molecule has 1 aliphatic rings. The molecule has 25 heavy (non-hydrogen) atoms. The molecule has 0 aliphatic carbocycles. The number of benzene rings is 1. The van der Waals surface area contributed by atoms with E-state index in [2.05, 4.69) is 24.1 Å². The van der Waals surface area contributed by atoms with Crippen LogP contribution in [0.2, 0.25) is 0 Å². The minimum Gasteiger partial charge on any atom is -0.348 e. The molecule has 0 spiro atoms. The van der Waals surface area contributed by atoms with Gasteiger partial charge in [-0.05, 0) is 49.5 Å². The van der Waals surface area contributed by atoms with Gasteiger partial charge in [-0.2, -0.15) is 0 Å². The Hall–Kier alpha value is -2.08. The largest absolute Gasteiger partial charge is 0.348 e. The summed E-state index contributed by atoms with van der Waals surface area (Å²) in [6, 6.07) is 9.65. The van der Waals surface area contributed by atoms with Crippen LogP contribution in [0.4, 0.5) is 5.69 Å². The highest BCUT2D eigenvalue weighted by Gasteiger charge is 2.25. The van der Waals surface area contributed by atoms with Gasteiger partial charge in [-0.15, -0.1) is 0 Å². The summed E-state index contributed by atoms with van der Waals surface area (Å²) in [6.45, 7) is 8.32. The number of aromatic nitrogens is 2. The fraction of sp³-hybridized carbons (Fsp3) is 0.474. The van der Waals surface area contributed by atoms with Crippen molar-refractivity contribution in [1.29, 1.82) is 0 Å². The predicted molar refractivity (Wildman–Crippen MR) is 106 cm³/mol. The van der Waals surface area contributed by atoms with Gasteiger partial charge in [-0.25, -0.2) is 4.68 Å². The van der Waals surface area contributed by atoms with Gasteiger partial charge >= 0.3 is 0 Å². The first-order valence-electron chi connectivity index (χ1n) is 8.78. The van der Waals surface area contributed by atoms with Gasteiger partial charge in [-0.1, -0.05) is 32.0 Å². The van der Waals surface area contributed by atoms with Crippen LogP contribution in [0.3, 0.4) is 0 Å². The number of para-hydroxylation sites is 1. The average Bonchev–Trinajstić information content (AvgIpc) is 2.78. The monoisotopic (exact) mass is 358 g/mol. The molecule has 134 valence electrons. The average molecular weight is 359 g/mol. The highest BCUT2D eigenvalue weighted by Crippen LogP contribution is 2.22. The van der Waals surface area contributed by atoms with Crippen LogP contribution in [0, 0.1) is 18.8 Å². The fourth-order valence-corrected chi connectivity index (χ4v) is 3.98. The second-order valence-corrected chi connectivity index (χ2v) is 7.60. The summed E-state index contributed by atoms with van der Waals surface area (Å²) in [5.74, 6) is 1.22. The second kappa shape index (κ2) is 7.04. The van der Waals surface area contributed by atoms with E-state index in [-0.39, 0.29) is 5.56 Å². The maximum absolute atomic E-state index is 13.0. The minimum absolute atomic E-state index is 0.0772. The van der Waals surface area contributed by atoms with Crippen molar-refractivity contribution in [2.24, 2.45) is 18.9 Å². The van der Waals surface area contributed by atoms with Crippen LogP contribution in [0.5, 0.6) is 0 Å². The Kier molecular flexibility index (Phi) is 4.99. The molecule has 1 aromatic carbocycles. The Morgan fingerprint density at radius 3 is 2.36 bits per heavy atom. The Bertz CT molecular complexity index is 814. The van der Waals surface area contributed by atoms with Gasteiger partial charge in [-0.3, -0.25) is 9.48 Å². The van der Waals surface area contributed by atoms with Crippen LogP contribution >= 0.6 is 12.2 Å². The normalized spacial score (nSPS) is 20.6. The van der Waals surface area contributed by atoms with E-state index in [1.807, 2.05) is 49.0 Å². The van der Waals surface area contributed by atoms with Crippen LogP contribution in [-0.4, -0.2) is 32.5 Å². The first kappa shape index (κ1) is 17.7. The molecule has 5 nitrogen and oxygen atoms in total. The van der Waals surface area contributed by atoms with E-state index in [4.69, 9.17) is 12.2 Å². The molecular formula is C19H26N4OS. The molecule has 1 aromatic heterocycles. The molecule has 3 rings (SSSR count). The Morgan fingerprint density at radius 1 is 1.16 bits per heavy atom. The molecule has 0 saturated carbocycles. The number of hydrogen-bond donors (Lipinski definition) is 1. The number of rotatable bonds is 2. The predicted octanol–water partition coefficient (Wildman–Crippen LogP) is 3.16. The summed E-state index contributed by atoms with van der Waals surface area (Å²) < 4.78 is 3.53. The molecule has 0 bridgehead atoms. The molecule has 2 unspecified atom stereocenters. The van der Waals surface area contributed by atoms with E-state index in [9.17, 15) is 4.79 Å². The van der Waals surface area contributed by atoms with E-state index in [1.54, 1.807) is 4.68 Å². The van der Waals surface area contributed by atoms with Crippen LogP contribution in [-0.2, 0) is 7.05 Å². The zero-order valence-electron chi connectivity index (χ0n) is 15.3. The van der Waals surface area contributed by atoms with Crippen molar-refractivity contribution in [3.63, 3.8) is 0 Å². The summed E-state index contributed by atoms with van der Waals surface area (Å²) in [7, 11) is 1.89. The van der Waals surface area contributed by atoms with E-state index < -0.39 is 0 Å². The molecule has 2 atom stereocenters. The third-order valence-corrected chi connectivity index (χ3v) is 5.30. The first-order valence-corrected chi connectivity index (χ1v) is 9.19. The molecule has 0 amide bonds. The highest BCUT2D eigenvalue weighted by atomic mass is 32.1. The van der Waals surface area contributed by atoms with Gasteiger partial charge in [0.1, 0.15) is 5.69 Å². The fourth-order valence-electron chi connectivity index (χ4n) is 3.73. The lowest BCUT2D eigenvalue weighted by Gasteiger charge is -2.36. The van der Waals surface area contributed by atoms with Gasteiger partial charge < -0.3 is 10.2 Å². The molecule has 1 fully saturated rings. The molecule has 2 aromatic rings. The van der Waals surface area contributed by atoms with E-state index in [0.717, 1.165) is 24.5 Å². The number of nitrogens with zero attached hydrogens (tertiary/aromatic N) is 3. The summed E-state index contributed by atoms with van der Waals surface area (Å²) in [4.78, 5) is 15.1. The number of hydrogen-bond acceptors (Lipinski definition) is 2. The van der Waals surface area contributed by atoms with Crippen molar-refractivity contribution < 1.29 is 0 Å². The van der Waals surface area contributed by atoms with Crippen molar-refractivity contribution in [2.75, 3.05) is 18.4 Å². The van der Waals surface area contributed by atoms with Crippen LogP contribution < -0.4 is 10.9 Å². The maximum Gasteiger partial charge on any atom is 0.295 e. The molecule has 1 aliphatic heterocycles. The third-order valence-electron chi connectivity index (χ3n) is 4.94. The number of likely N-dealkylation sites (tertiary alicyclic amines) is 1. The topological polar surface area (TPSA) is 42.2 Å². The minimum atomic E-state index is -0.0772. The van der Waals surface area contributed by atoms with Crippen molar-refractivity contribution in [3.05, 3.63) is 46.4 Å². The number of thiocarbonyl (C=S) groups is 1. The molecule has 2 heterocycles. The molecule has 1 saturated heterocycles. The first-order chi connectivity index (χ1) is 11.9. The molecule has 1 N–H and O–H groups in total. The quantitative estimate of drug-likeness (QED) is 0.838. The zero-order chi connectivity index (χ0) is 18.1. The Balaban J connectivity index is 1.89. The number of anilines is 1. The van der Waals surface area contributed by atoms with E-state index >= 15 is 0 Å². The van der Waals surface area contributed by atoms with Crippen molar-refractivity contribution in [1.82, 2.24) is 14.3 Å². The van der Waals surface area contributed by atoms with Crippen molar-refractivity contribution in [3.8, 4) is 5.69 Å². The van der Waals surface area contributed by atoms with Crippen LogP contribution in [0.1, 0.15) is 26.0 Å². The van der Waals surface area contributed by atoms with Crippen LogP contribution in [0.25, 0.3) is 5.69 Å². The summed E-state index contributed by atoms with van der Waals surface area (Å²) in [5.41, 5.74) is 2.19. The molecule has 0 radical (unpaired) electrons. The molecular weight excluding hydrogens is 332 g/mol. The van der Waals surface area contributed by atoms with Gasteiger partial charge in [0, 0.05) is 20.1 Å². The number of piperidine rings is 1. The smallest absolute Gasteiger partial charge is 0.295 e. The Labute approximate surface area is 154 Å². The summed E-state index contributed by atoms with van der Waals surface area (Å²) in [5, 5.41) is 3.87. The van der Waals surface area contributed by atoms with Gasteiger partial charge in [0.05, 0.1) is 11.4 Å². The van der Waals surface area contributed by atoms with E-state index in [1.165, 1.54) is 6.42 Å².